The average Bonchev–Trinajstić information content (AvgIpc) is 2.39. The molecule has 0 fully saturated rings. The lowest BCUT2D eigenvalue weighted by Crippen LogP contribution is -2.31. The quantitative estimate of drug-likeness (QED) is 0.578. The Hall–Kier alpha value is -1.94. The number of rotatable bonds is 1. The highest BCUT2D eigenvalue weighted by atomic mass is 16.4. The minimum atomic E-state index is -0.317. The molecule has 3 rings (SSSR count). The number of nitrogens with zero attached hydrogens (tertiary/aromatic N) is 1. The minimum Gasteiger partial charge on any atom is -0.422 e. The van der Waals surface area contributed by atoms with Crippen molar-refractivity contribution in [3.05, 3.63) is 44.8 Å². The van der Waals surface area contributed by atoms with E-state index in [1.165, 1.54) is 0 Å². The van der Waals surface area contributed by atoms with Crippen molar-refractivity contribution >= 4 is 17.3 Å². The fourth-order valence-electron chi connectivity index (χ4n) is 2.73. The van der Waals surface area contributed by atoms with Crippen molar-refractivity contribution in [2.24, 2.45) is 0 Å². The molecule has 0 saturated carbocycles. The zero-order chi connectivity index (χ0) is 13.6. The van der Waals surface area contributed by atoms with Crippen molar-refractivity contribution in [1.29, 1.82) is 0 Å². The van der Waals surface area contributed by atoms with Gasteiger partial charge in [-0.3, -0.25) is 4.79 Å². The van der Waals surface area contributed by atoms with Gasteiger partial charge >= 0.3 is 5.63 Å². The van der Waals surface area contributed by atoms with Crippen molar-refractivity contribution < 1.29 is 9.21 Å². The first-order valence-corrected chi connectivity index (χ1v) is 6.33. The van der Waals surface area contributed by atoms with Gasteiger partial charge in [0.05, 0.1) is 11.1 Å². The van der Waals surface area contributed by atoms with Crippen molar-refractivity contribution in [3.8, 4) is 0 Å². The molecule has 0 bridgehead atoms. The van der Waals surface area contributed by atoms with Gasteiger partial charge in [-0.05, 0) is 31.5 Å². The predicted molar refractivity (Wildman–Crippen MR) is 72.6 cm³/mol. The lowest BCUT2D eigenvalue weighted by molar-refractivity contribution is 0.112. The summed E-state index contributed by atoms with van der Waals surface area (Å²) in [6, 6.07) is 3.86. The second-order valence-corrected chi connectivity index (χ2v) is 5.13. The molecule has 0 saturated heterocycles. The summed E-state index contributed by atoms with van der Waals surface area (Å²) in [5, 5.41) is 0.899. The highest BCUT2D eigenvalue weighted by Gasteiger charge is 2.22. The molecule has 1 aliphatic rings. The van der Waals surface area contributed by atoms with E-state index in [0.717, 1.165) is 41.3 Å². The normalized spacial score (nSPS) is 15.5. The van der Waals surface area contributed by atoms with Gasteiger partial charge in [0.15, 0.2) is 6.29 Å². The van der Waals surface area contributed by atoms with Gasteiger partial charge in [-0.25, -0.2) is 4.79 Å². The van der Waals surface area contributed by atoms with E-state index in [2.05, 4.69) is 4.90 Å². The van der Waals surface area contributed by atoms with Gasteiger partial charge in [-0.2, -0.15) is 0 Å². The number of aldehydes is 1. The Bertz CT molecular complexity index is 730. The fourth-order valence-corrected chi connectivity index (χ4v) is 2.73. The smallest absolute Gasteiger partial charge is 0.341 e. The molecule has 1 aromatic heterocycles. The predicted octanol–water partition coefficient (Wildman–Crippen LogP) is 1.90. The fraction of sp³-hybridized carbons (Fsp3) is 0.333. The number of hydrogen-bond acceptors (Lipinski definition) is 4. The number of hydrogen-bond donors (Lipinski definition) is 0. The second-order valence-electron chi connectivity index (χ2n) is 5.13. The van der Waals surface area contributed by atoms with Crippen LogP contribution >= 0.6 is 0 Å². The summed E-state index contributed by atoms with van der Waals surface area (Å²) < 4.78 is 5.40. The number of likely N-dealkylation sites (N-methyl/N-ethyl adjacent to an activating group) is 1. The number of benzene rings is 1. The lowest BCUT2D eigenvalue weighted by atomic mass is 9.95. The van der Waals surface area contributed by atoms with Gasteiger partial charge in [0.2, 0.25) is 0 Å². The van der Waals surface area contributed by atoms with Gasteiger partial charge in [0.25, 0.3) is 0 Å². The second kappa shape index (κ2) is 4.31. The molecule has 19 heavy (non-hydrogen) atoms. The molecular formula is C15H15NO3. The van der Waals surface area contributed by atoms with Crippen LogP contribution < -0.4 is 5.63 Å². The highest BCUT2D eigenvalue weighted by Crippen LogP contribution is 2.27. The third-order valence-corrected chi connectivity index (χ3v) is 3.83. The molecule has 2 aromatic rings. The SMILES string of the molecule is Cc1ccc2c3c(c(=O)oc2c1C=O)CN(C)CC3. The molecule has 0 amide bonds. The summed E-state index contributed by atoms with van der Waals surface area (Å²) in [5.41, 5.74) is 3.19. The summed E-state index contributed by atoms with van der Waals surface area (Å²) in [7, 11) is 1.98. The molecule has 0 unspecified atom stereocenters. The summed E-state index contributed by atoms with van der Waals surface area (Å²) in [6.07, 6.45) is 1.58. The molecule has 0 aliphatic carbocycles. The molecule has 0 spiro atoms. The van der Waals surface area contributed by atoms with Crippen LogP contribution in [0.1, 0.15) is 27.0 Å². The first kappa shape index (κ1) is 12.1. The first-order valence-electron chi connectivity index (χ1n) is 6.33. The summed E-state index contributed by atoms with van der Waals surface area (Å²) in [5.74, 6) is 0. The van der Waals surface area contributed by atoms with E-state index < -0.39 is 0 Å². The van der Waals surface area contributed by atoms with Gasteiger partial charge in [0.1, 0.15) is 5.58 Å². The Morgan fingerprint density at radius 1 is 1.32 bits per heavy atom. The third kappa shape index (κ3) is 1.79. The van der Waals surface area contributed by atoms with Crippen LogP contribution in [-0.4, -0.2) is 24.8 Å². The Kier molecular flexibility index (Phi) is 2.75. The number of carbonyl (C=O) groups excluding carboxylic acids is 1. The third-order valence-electron chi connectivity index (χ3n) is 3.83. The monoisotopic (exact) mass is 257 g/mol. The number of fused-ring (bicyclic) bond motifs is 3. The van der Waals surface area contributed by atoms with E-state index in [9.17, 15) is 9.59 Å². The van der Waals surface area contributed by atoms with Gasteiger partial charge < -0.3 is 9.32 Å². The molecule has 0 radical (unpaired) electrons. The van der Waals surface area contributed by atoms with Crippen LogP contribution in [0, 0.1) is 6.92 Å². The van der Waals surface area contributed by atoms with E-state index in [0.29, 0.717) is 17.7 Å². The topological polar surface area (TPSA) is 50.5 Å². The first-order chi connectivity index (χ1) is 9.11. The van der Waals surface area contributed by atoms with Crippen LogP contribution in [-0.2, 0) is 13.0 Å². The number of aryl methyl sites for hydroxylation is 1. The lowest BCUT2D eigenvalue weighted by Gasteiger charge is -2.24. The highest BCUT2D eigenvalue weighted by molar-refractivity contribution is 5.97. The van der Waals surface area contributed by atoms with Crippen LogP contribution in [0.2, 0.25) is 0 Å². The molecule has 1 aromatic carbocycles. The zero-order valence-corrected chi connectivity index (χ0v) is 11.0. The molecular weight excluding hydrogens is 242 g/mol. The molecule has 2 heterocycles. The summed E-state index contributed by atoms with van der Waals surface area (Å²) >= 11 is 0. The van der Waals surface area contributed by atoms with Crippen molar-refractivity contribution in [2.75, 3.05) is 13.6 Å². The van der Waals surface area contributed by atoms with Crippen LogP contribution in [0.15, 0.2) is 21.3 Å². The summed E-state index contributed by atoms with van der Waals surface area (Å²) in [6.45, 7) is 3.37. The number of carbonyl (C=O) groups is 1. The summed E-state index contributed by atoms with van der Waals surface area (Å²) in [4.78, 5) is 25.4. The average molecular weight is 257 g/mol. The maximum atomic E-state index is 12.1. The van der Waals surface area contributed by atoms with Crippen LogP contribution in [0.5, 0.6) is 0 Å². The van der Waals surface area contributed by atoms with E-state index in [4.69, 9.17) is 4.42 Å². The Morgan fingerprint density at radius 2 is 2.11 bits per heavy atom. The molecule has 0 atom stereocenters. The van der Waals surface area contributed by atoms with Gasteiger partial charge in [-0.1, -0.05) is 12.1 Å². The van der Waals surface area contributed by atoms with E-state index >= 15 is 0 Å². The Morgan fingerprint density at radius 3 is 2.84 bits per heavy atom. The van der Waals surface area contributed by atoms with E-state index in [1.807, 2.05) is 26.1 Å². The maximum Gasteiger partial charge on any atom is 0.341 e. The maximum absolute atomic E-state index is 12.1. The standard InChI is InChI=1S/C15H15NO3/c1-9-3-4-11-10-5-6-16(2)7-12(10)15(18)19-14(11)13(9)8-17/h3-4,8H,5-7H2,1-2H3. The van der Waals surface area contributed by atoms with E-state index in [1.54, 1.807) is 0 Å². The van der Waals surface area contributed by atoms with Crippen LogP contribution in [0.4, 0.5) is 0 Å². The molecule has 4 nitrogen and oxygen atoms in total. The molecule has 4 heteroatoms. The largest absolute Gasteiger partial charge is 0.422 e. The van der Waals surface area contributed by atoms with E-state index in [-0.39, 0.29) is 5.63 Å². The minimum absolute atomic E-state index is 0.317. The van der Waals surface area contributed by atoms with Crippen molar-refractivity contribution in [1.82, 2.24) is 4.90 Å². The van der Waals surface area contributed by atoms with Gasteiger partial charge in [-0.15, -0.1) is 0 Å². The Balaban J connectivity index is 2.41. The van der Waals surface area contributed by atoms with Crippen LogP contribution in [0.25, 0.3) is 11.0 Å². The van der Waals surface area contributed by atoms with Crippen LogP contribution in [0.3, 0.4) is 0 Å². The zero-order valence-electron chi connectivity index (χ0n) is 11.0. The molecule has 0 N–H and O–H groups in total. The van der Waals surface area contributed by atoms with Gasteiger partial charge in [0, 0.05) is 18.5 Å². The molecule has 98 valence electrons. The van der Waals surface area contributed by atoms with Crippen molar-refractivity contribution in [3.63, 3.8) is 0 Å². The molecule has 1 aliphatic heterocycles. The Labute approximate surface area is 110 Å². The van der Waals surface area contributed by atoms with Crippen molar-refractivity contribution in [2.45, 2.75) is 19.9 Å².